The second kappa shape index (κ2) is 12.4. The molecule has 1 heterocycles. The molecule has 2 amide bonds. The predicted octanol–water partition coefficient (Wildman–Crippen LogP) is 5.21. The number of benzene rings is 2. The number of fused-ring (bicyclic) bond motifs is 1. The van der Waals surface area contributed by atoms with Crippen molar-refractivity contribution in [2.24, 2.45) is 0 Å². The maximum Gasteiger partial charge on any atom is 0.490 e. The number of hydrogen-bond acceptors (Lipinski definition) is 5. The number of methoxy groups -OCH3 is 2. The lowest BCUT2D eigenvalue weighted by atomic mass is 9.65. The highest BCUT2D eigenvalue weighted by atomic mass is 19.4. The number of aliphatic carboxylic acids is 1. The molecule has 0 spiro atoms. The molecule has 1 aliphatic heterocycles. The molecule has 226 valence electrons. The molecule has 2 aromatic rings. The van der Waals surface area contributed by atoms with Gasteiger partial charge in [0.25, 0.3) is 0 Å². The molecule has 2 aromatic carbocycles. The van der Waals surface area contributed by atoms with Gasteiger partial charge in [-0.05, 0) is 50.9 Å². The van der Waals surface area contributed by atoms with Gasteiger partial charge in [0.2, 0.25) is 0 Å². The van der Waals surface area contributed by atoms with Gasteiger partial charge < -0.3 is 30.1 Å². The standard InChI is InChI=1S/C24H27F4N3O3.C2HF3O2/c1-31-9-8-24(15-4-5-18(33-2)22(34-3)20(15)27)7-6-13(12-19(24)31)29-23(32)30-14-10-16(25)21(28)17(26)11-14;3-2(4,5)1(6)7/h4-5,10-11,13,19H,6-9,12H2,1-3H3,(H2,29,30,32);(H,6,7)/t13-,19+,24+;/m1./s1. The number of carboxylic acid groups (broad SMARTS) is 1. The molecule has 0 radical (unpaired) electrons. The third-order valence-electron chi connectivity index (χ3n) is 7.37. The Kier molecular flexibility index (Phi) is 9.62. The summed E-state index contributed by atoms with van der Waals surface area (Å²) >= 11 is 0. The first-order chi connectivity index (χ1) is 19.1. The second-order valence-electron chi connectivity index (χ2n) is 9.69. The molecule has 0 bridgehead atoms. The summed E-state index contributed by atoms with van der Waals surface area (Å²) in [6, 6.07) is 3.96. The summed E-state index contributed by atoms with van der Waals surface area (Å²) in [5.74, 6) is -7.17. The fraction of sp³-hybridized carbons (Fsp3) is 0.462. The van der Waals surface area contributed by atoms with Crippen LogP contribution in [0.15, 0.2) is 24.3 Å². The van der Waals surface area contributed by atoms with Crippen LogP contribution in [0.1, 0.15) is 31.2 Å². The number of likely N-dealkylation sites (N-methyl/N-ethyl adjacent to an activating group) is 1. The Morgan fingerprint density at radius 1 is 1.02 bits per heavy atom. The summed E-state index contributed by atoms with van der Waals surface area (Å²) in [6.45, 7) is 0.769. The van der Waals surface area contributed by atoms with E-state index in [0.717, 1.165) is 13.0 Å². The van der Waals surface area contributed by atoms with Gasteiger partial charge in [-0.3, -0.25) is 0 Å². The molecule has 1 aliphatic carbocycles. The van der Waals surface area contributed by atoms with Gasteiger partial charge in [0.1, 0.15) is 0 Å². The van der Waals surface area contributed by atoms with E-state index < -0.39 is 46.9 Å². The minimum Gasteiger partial charge on any atom is -0.493 e. The summed E-state index contributed by atoms with van der Waals surface area (Å²) in [5.41, 5.74) is -0.0694. The van der Waals surface area contributed by atoms with E-state index in [1.165, 1.54) is 14.2 Å². The van der Waals surface area contributed by atoms with Crippen molar-refractivity contribution in [1.29, 1.82) is 0 Å². The van der Waals surface area contributed by atoms with Crippen LogP contribution in [0, 0.1) is 23.3 Å². The van der Waals surface area contributed by atoms with Crippen LogP contribution >= 0.6 is 0 Å². The Labute approximate surface area is 230 Å². The van der Waals surface area contributed by atoms with E-state index in [1.807, 2.05) is 7.05 Å². The van der Waals surface area contributed by atoms with Crippen molar-refractivity contribution >= 4 is 17.7 Å². The maximum absolute atomic E-state index is 15.5. The number of anilines is 1. The van der Waals surface area contributed by atoms with Crippen LogP contribution in [-0.2, 0) is 10.2 Å². The van der Waals surface area contributed by atoms with Gasteiger partial charge in [-0.1, -0.05) is 6.07 Å². The first-order valence-corrected chi connectivity index (χ1v) is 12.3. The smallest absolute Gasteiger partial charge is 0.490 e. The van der Waals surface area contributed by atoms with E-state index in [4.69, 9.17) is 19.4 Å². The summed E-state index contributed by atoms with van der Waals surface area (Å²) < 4.78 is 97.8. The van der Waals surface area contributed by atoms with Crippen molar-refractivity contribution in [2.75, 3.05) is 33.1 Å². The molecule has 3 atom stereocenters. The highest BCUT2D eigenvalue weighted by molar-refractivity contribution is 5.89. The van der Waals surface area contributed by atoms with Crippen LogP contribution in [0.2, 0.25) is 0 Å². The van der Waals surface area contributed by atoms with Crippen molar-refractivity contribution in [2.45, 2.75) is 49.4 Å². The van der Waals surface area contributed by atoms with Crippen LogP contribution in [0.3, 0.4) is 0 Å². The molecule has 1 saturated carbocycles. The summed E-state index contributed by atoms with van der Waals surface area (Å²) in [7, 11) is 4.83. The number of carboxylic acids is 1. The number of rotatable bonds is 5. The predicted molar refractivity (Wildman–Crippen MR) is 132 cm³/mol. The average Bonchev–Trinajstić information content (AvgIpc) is 3.23. The van der Waals surface area contributed by atoms with E-state index in [1.54, 1.807) is 12.1 Å². The minimum absolute atomic E-state index is 0.0418. The van der Waals surface area contributed by atoms with E-state index in [9.17, 15) is 31.1 Å². The van der Waals surface area contributed by atoms with Gasteiger partial charge in [-0.15, -0.1) is 0 Å². The zero-order valence-electron chi connectivity index (χ0n) is 22.2. The fourth-order valence-corrected chi connectivity index (χ4v) is 5.47. The van der Waals surface area contributed by atoms with Crippen LogP contribution < -0.4 is 20.1 Å². The Hall–Kier alpha value is -3.75. The van der Waals surface area contributed by atoms with E-state index >= 15 is 4.39 Å². The molecule has 4 rings (SSSR count). The molecule has 15 heteroatoms. The van der Waals surface area contributed by atoms with Crippen LogP contribution in [0.5, 0.6) is 11.5 Å². The molecule has 8 nitrogen and oxygen atoms in total. The van der Waals surface area contributed by atoms with Crippen molar-refractivity contribution in [3.8, 4) is 11.5 Å². The third kappa shape index (κ3) is 6.77. The number of carbonyl (C=O) groups is 2. The molecule has 1 saturated heterocycles. The van der Waals surface area contributed by atoms with Gasteiger partial charge in [-0.25, -0.2) is 27.2 Å². The van der Waals surface area contributed by atoms with Crippen molar-refractivity contribution in [3.05, 3.63) is 53.1 Å². The number of nitrogens with zero attached hydrogens (tertiary/aromatic N) is 1. The number of ether oxygens (including phenoxy) is 2. The minimum atomic E-state index is -5.08. The number of alkyl halides is 3. The molecule has 0 unspecified atom stereocenters. The van der Waals surface area contributed by atoms with E-state index in [0.29, 0.717) is 42.7 Å². The van der Waals surface area contributed by atoms with Crippen LogP contribution in [-0.4, -0.2) is 68.1 Å². The Morgan fingerprint density at radius 2 is 1.63 bits per heavy atom. The lowest BCUT2D eigenvalue weighted by Crippen LogP contribution is -2.52. The fourth-order valence-electron chi connectivity index (χ4n) is 5.47. The van der Waals surface area contributed by atoms with Crippen LogP contribution in [0.25, 0.3) is 0 Å². The topological polar surface area (TPSA) is 100 Å². The highest BCUT2D eigenvalue weighted by Gasteiger charge is 2.52. The van der Waals surface area contributed by atoms with Crippen molar-refractivity contribution in [1.82, 2.24) is 10.2 Å². The average molecular weight is 596 g/mol. The van der Waals surface area contributed by atoms with Gasteiger partial charge in [0.15, 0.2) is 34.8 Å². The molecular weight excluding hydrogens is 567 g/mol. The molecule has 0 aromatic heterocycles. The Morgan fingerprint density at radius 3 is 2.17 bits per heavy atom. The van der Waals surface area contributed by atoms with Crippen molar-refractivity contribution < 1.29 is 54.9 Å². The zero-order chi connectivity index (χ0) is 30.7. The first kappa shape index (κ1) is 31.8. The van der Waals surface area contributed by atoms with Gasteiger partial charge in [-0.2, -0.15) is 13.2 Å². The van der Waals surface area contributed by atoms with Crippen LogP contribution in [0.4, 0.5) is 41.2 Å². The number of likely N-dealkylation sites (tertiary alicyclic amines) is 1. The highest BCUT2D eigenvalue weighted by Crippen LogP contribution is 2.51. The van der Waals surface area contributed by atoms with Gasteiger partial charge in [0, 0.05) is 35.3 Å². The molecule has 3 N–H and O–H groups in total. The summed E-state index contributed by atoms with van der Waals surface area (Å²) in [6.07, 6.45) is -2.56. The monoisotopic (exact) mass is 595 g/mol. The number of hydrogen-bond donors (Lipinski definition) is 3. The normalized spacial score (nSPS) is 22.2. The zero-order valence-corrected chi connectivity index (χ0v) is 22.2. The molecule has 2 fully saturated rings. The molecular formula is C26H28F7N3O5. The van der Waals surface area contributed by atoms with E-state index in [2.05, 4.69) is 15.5 Å². The number of urea groups is 1. The number of halogens is 7. The van der Waals surface area contributed by atoms with E-state index in [-0.39, 0.29) is 23.5 Å². The molecule has 41 heavy (non-hydrogen) atoms. The molecule has 2 aliphatic rings. The largest absolute Gasteiger partial charge is 0.493 e. The Bertz CT molecular complexity index is 1270. The lowest BCUT2D eigenvalue weighted by Gasteiger charge is -2.45. The third-order valence-corrected chi connectivity index (χ3v) is 7.37. The maximum atomic E-state index is 15.5. The lowest BCUT2D eigenvalue weighted by molar-refractivity contribution is -0.192. The van der Waals surface area contributed by atoms with Gasteiger partial charge >= 0.3 is 18.2 Å². The first-order valence-electron chi connectivity index (χ1n) is 12.3. The summed E-state index contributed by atoms with van der Waals surface area (Å²) in [4.78, 5) is 23.5. The number of amides is 2. The van der Waals surface area contributed by atoms with Crippen molar-refractivity contribution in [3.63, 3.8) is 0 Å². The summed E-state index contributed by atoms with van der Waals surface area (Å²) in [5, 5.41) is 12.3. The number of carbonyl (C=O) groups excluding carboxylic acids is 1. The number of nitrogens with one attached hydrogen (secondary N) is 2. The Balaban J connectivity index is 0.000000587. The second-order valence-corrected chi connectivity index (χ2v) is 9.69. The SMILES string of the molecule is COc1ccc([C@@]23CC[C@@H](NC(=O)Nc4cc(F)c(F)c(F)c4)C[C@@H]2N(C)CC3)c(F)c1OC.O=C(O)C(F)(F)F. The quantitative estimate of drug-likeness (QED) is 0.324. The van der Waals surface area contributed by atoms with Gasteiger partial charge in [0.05, 0.1) is 14.2 Å².